The summed E-state index contributed by atoms with van der Waals surface area (Å²) in [5.74, 6) is 0. The van der Waals surface area contributed by atoms with Crippen LogP contribution in [0.1, 0.15) is 20.8 Å². The van der Waals surface area contributed by atoms with E-state index in [0.29, 0.717) is 0 Å². The predicted molar refractivity (Wildman–Crippen MR) is 30.6 cm³/mol. The summed E-state index contributed by atoms with van der Waals surface area (Å²) in [5, 5.41) is 9.20. The number of rotatable bonds is 1. The molecule has 0 heterocycles. The third kappa shape index (κ3) is 5.47. The molecule has 2 nitrogen and oxygen atoms in total. The molecule has 0 fully saturated rings. The lowest BCUT2D eigenvalue weighted by Crippen LogP contribution is -2.33. The molecule has 0 unspecified atom stereocenters. The summed E-state index contributed by atoms with van der Waals surface area (Å²) in [6, 6.07) is 0. The molecule has 0 aromatic rings. The van der Waals surface area contributed by atoms with Gasteiger partial charge in [0.2, 0.25) is 0 Å². The molecule has 0 bridgehead atoms. The van der Waals surface area contributed by atoms with Crippen molar-refractivity contribution in [2.45, 2.75) is 26.3 Å². The van der Waals surface area contributed by atoms with Crippen LogP contribution in [0.4, 0.5) is 0 Å². The highest BCUT2D eigenvalue weighted by atomic mass is 14.9. The van der Waals surface area contributed by atoms with Crippen molar-refractivity contribution in [3.05, 3.63) is 0 Å². The molecule has 0 aliphatic carbocycles. The fourth-order valence-electron chi connectivity index (χ4n) is 0.188. The van der Waals surface area contributed by atoms with E-state index in [9.17, 15) is 0 Å². The molecule has 0 spiro atoms. The van der Waals surface area contributed by atoms with Gasteiger partial charge in [0, 0.05) is 5.54 Å². The van der Waals surface area contributed by atoms with Crippen LogP contribution in [0.15, 0.2) is 0 Å². The number of hydrogen-bond acceptors (Lipinski definition) is 1. The molecule has 0 rings (SSSR count). The highest BCUT2D eigenvalue weighted by Crippen LogP contribution is 1.94. The average Bonchev–Trinajstić information content (AvgIpc) is 1.30. The Hall–Kier alpha value is -0.530. The summed E-state index contributed by atoms with van der Waals surface area (Å²) in [4.78, 5) is 0. The summed E-state index contributed by atoms with van der Waals surface area (Å²) in [6.07, 6.45) is 2.11. The molecule has 0 aromatic carbocycles. The van der Waals surface area contributed by atoms with E-state index in [2.05, 4.69) is 11.7 Å². The van der Waals surface area contributed by atoms with Gasteiger partial charge in [-0.15, -0.1) is 0 Å². The maximum Gasteiger partial charge on any atom is 0.161 e. The van der Waals surface area contributed by atoms with Crippen LogP contribution in [-0.4, -0.2) is 11.9 Å². The zero-order valence-electron chi connectivity index (χ0n) is 5.00. The zero-order valence-corrected chi connectivity index (χ0v) is 5.00. The van der Waals surface area contributed by atoms with E-state index in [-0.39, 0.29) is 5.54 Å². The largest absolute Gasteiger partial charge is 0.363 e. The third-order valence-corrected chi connectivity index (χ3v) is 0.438. The molecule has 7 heavy (non-hydrogen) atoms. The van der Waals surface area contributed by atoms with E-state index in [0.717, 1.165) is 0 Å². The maximum atomic E-state index is 6.50. The van der Waals surface area contributed by atoms with Crippen molar-refractivity contribution in [2.75, 3.05) is 0 Å². The first-order chi connectivity index (χ1) is 3.06. The van der Waals surface area contributed by atoms with Crippen LogP contribution in [0.25, 0.3) is 0 Å². The maximum absolute atomic E-state index is 6.50. The second kappa shape index (κ2) is 1.96. The van der Waals surface area contributed by atoms with E-state index >= 15 is 0 Å². The third-order valence-electron chi connectivity index (χ3n) is 0.438. The van der Waals surface area contributed by atoms with Crippen LogP contribution in [0.5, 0.6) is 0 Å². The fourth-order valence-corrected chi connectivity index (χ4v) is 0.188. The molecular weight excluding hydrogens is 88.1 g/mol. The Bertz CT molecular complexity index is 61.0. The summed E-state index contributed by atoms with van der Waals surface area (Å²) in [5.41, 5.74) is 0.00174. The molecule has 0 amide bonds. The summed E-state index contributed by atoms with van der Waals surface area (Å²) >= 11 is 0. The normalized spacial score (nSPS) is 10.7. The van der Waals surface area contributed by atoms with E-state index in [1.165, 1.54) is 0 Å². The standard InChI is InChI=1S/C5H11N2/c1-5(2,3)7-4-6/h1-3H3,(H2,6,7). The van der Waals surface area contributed by atoms with Gasteiger partial charge in [0.1, 0.15) is 0 Å². The zero-order chi connectivity index (χ0) is 5.91. The monoisotopic (exact) mass is 99.1 g/mol. The van der Waals surface area contributed by atoms with Crippen LogP contribution in [0, 0.1) is 5.41 Å². The van der Waals surface area contributed by atoms with Crippen molar-refractivity contribution in [3.8, 4) is 0 Å². The highest BCUT2D eigenvalue weighted by Gasteiger charge is 2.04. The Morgan fingerprint density at radius 2 is 1.86 bits per heavy atom. The summed E-state index contributed by atoms with van der Waals surface area (Å²) in [6.45, 7) is 5.94. The first kappa shape index (κ1) is 6.47. The lowest BCUT2D eigenvalue weighted by Gasteiger charge is -2.15. The molecule has 0 saturated heterocycles. The van der Waals surface area contributed by atoms with E-state index in [1.807, 2.05) is 20.8 Å². The minimum Gasteiger partial charge on any atom is -0.363 e. The fraction of sp³-hybridized carbons (Fsp3) is 0.800. The minimum atomic E-state index is 0.00174. The summed E-state index contributed by atoms with van der Waals surface area (Å²) in [7, 11) is 0. The van der Waals surface area contributed by atoms with Gasteiger partial charge in [0.05, 0.1) is 0 Å². The minimum absolute atomic E-state index is 0.00174. The van der Waals surface area contributed by atoms with Crippen LogP contribution in [-0.2, 0) is 0 Å². The molecule has 0 atom stereocenters. The van der Waals surface area contributed by atoms with Crippen LogP contribution in [0.2, 0.25) is 0 Å². The van der Waals surface area contributed by atoms with Crippen molar-refractivity contribution in [2.24, 2.45) is 0 Å². The van der Waals surface area contributed by atoms with Gasteiger partial charge in [-0.3, -0.25) is 5.41 Å². The van der Waals surface area contributed by atoms with Gasteiger partial charge in [-0.2, -0.15) is 0 Å². The van der Waals surface area contributed by atoms with Gasteiger partial charge >= 0.3 is 0 Å². The topological polar surface area (TPSA) is 35.9 Å². The number of nitrogens with one attached hydrogen (secondary N) is 2. The second-order valence-corrected chi connectivity index (χ2v) is 2.50. The first-order valence-electron chi connectivity index (χ1n) is 2.25. The van der Waals surface area contributed by atoms with E-state index in [1.54, 1.807) is 0 Å². The Morgan fingerprint density at radius 1 is 1.43 bits per heavy atom. The van der Waals surface area contributed by atoms with E-state index < -0.39 is 0 Å². The van der Waals surface area contributed by atoms with Crippen LogP contribution in [0.3, 0.4) is 0 Å². The van der Waals surface area contributed by atoms with Gasteiger partial charge in [-0.25, -0.2) is 0 Å². The van der Waals surface area contributed by atoms with Crippen LogP contribution >= 0.6 is 0 Å². The molecule has 0 aliphatic heterocycles. The average molecular weight is 99.2 g/mol. The Labute approximate surface area is 44.4 Å². The molecular formula is C5H11N2. The Morgan fingerprint density at radius 3 is 1.86 bits per heavy atom. The first-order valence-corrected chi connectivity index (χ1v) is 2.25. The van der Waals surface area contributed by atoms with Crippen molar-refractivity contribution < 1.29 is 0 Å². The number of hydrogen-bond donors (Lipinski definition) is 2. The molecule has 0 saturated carbocycles. The van der Waals surface area contributed by atoms with Crippen molar-refractivity contribution >= 4 is 6.34 Å². The van der Waals surface area contributed by atoms with Gasteiger partial charge in [-0.1, -0.05) is 0 Å². The van der Waals surface area contributed by atoms with Crippen LogP contribution < -0.4 is 5.32 Å². The van der Waals surface area contributed by atoms with Crippen molar-refractivity contribution in [1.82, 2.24) is 5.32 Å². The molecule has 1 radical (unpaired) electrons. The molecule has 2 N–H and O–H groups in total. The molecule has 41 valence electrons. The second-order valence-electron chi connectivity index (χ2n) is 2.50. The summed E-state index contributed by atoms with van der Waals surface area (Å²) < 4.78 is 0. The lowest BCUT2D eigenvalue weighted by molar-refractivity contribution is 0.516. The Balaban J connectivity index is 3.34. The molecule has 0 aromatic heterocycles. The molecule has 2 heteroatoms. The van der Waals surface area contributed by atoms with Gasteiger partial charge in [-0.05, 0) is 20.8 Å². The highest BCUT2D eigenvalue weighted by molar-refractivity contribution is 5.50. The smallest absolute Gasteiger partial charge is 0.161 e. The molecule has 0 aliphatic rings. The van der Waals surface area contributed by atoms with Crippen molar-refractivity contribution in [1.29, 1.82) is 5.41 Å². The van der Waals surface area contributed by atoms with Crippen molar-refractivity contribution in [3.63, 3.8) is 0 Å². The van der Waals surface area contributed by atoms with Gasteiger partial charge in [0.25, 0.3) is 0 Å². The van der Waals surface area contributed by atoms with Gasteiger partial charge in [0.15, 0.2) is 6.34 Å². The lowest BCUT2D eigenvalue weighted by atomic mass is 10.1. The van der Waals surface area contributed by atoms with E-state index in [4.69, 9.17) is 5.41 Å². The quantitative estimate of drug-likeness (QED) is 0.285. The van der Waals surface area contributed by atoms with Gasteiger partial charge < -0.3 is 5.32 Å². The Kier molecular flexibility index (Phi) is 1.81. The SMILES string of the molecule is CC(C)(C)N[C]=N. The predicted octanol–water partition coefficient (Wildman–Crippen LogP) is 0.859.